The van der Waals surface area contributed by atoms with Crippen molar-refractivity contribution in [1.82, 2.24) is 10.2 Å². The average Bonchev–Trinajstić information content (AvgIpc) is 2.78. The molecule has 0 radical (unpaired) electrons. The van der Waals surface area contributed by atoms with E-state index in [-0.39, 0.29) is 0 Å². The normalized spacial score (nSPS) is 32.4. The predicted octanol–water partition coefficient (Wildman–Crippen LogP) is 3.52. The minimum atomic E-state index is 0.516. The number of nitrogens with zero attached hydrogens (tertiary/aromatic N) is 1. The van der Waals surface area contributed by atoms with E-state index in [1.54, 1.807) is 0 Å². The van der Waals surface area contributed by atoms with Crippen LogP contribution in [0.1, 0.15) is 59.8 Å². The molecule has 1 saturated carbocycles. The van der Waals surface area contributed by atoms with E-state index in [9.17, 15) is 0 Å². The second kappa shape index (κ2) is 5.73. The molecule has 0 aromatic heterocycles. The Morgan fingerprint density at radius 3 is 2.26 bits per heavy atom. The Balaban J connectivity index is 1.91. The molecule has 1 N–H and O–H groups in total. The molecule has 0 aromatic carbocycles. The minimum Gasteiger partial charge on any atom is -0.316 e. The van der Waals surface area contributed by atoms with Gasteiger partial charge in [-0.2, -0.15) is 0 Å². The number of rotatable bonds is 4. The molecule has 1 unspecified atom stereocenters. The van der Waals surface area contributed by atoms with Crippen molar-refractivity contribution >= 4 is 0 Å². The van der Waals surface area contributed by atoms with Crippen molar-refractivity contribution in [3.63, 3.8) is 0 Å². The van der Waals surface area contributed by atoms with Gasteiger partial charge in [-0.25, -0.2) is 0 Å². The van der Waals surface area contributed by atoms with Crippen molar-refractivity contribution in [2.45, 2.75) is 65.8 Å². The van der Waals surface area contributed by atoms with Gasteiger partial charge in [-0.05, 0) is 62.4 Å². The molecule has 1 saturated heterocycles. The highest BCUT2D eigenvalue weighted by molar-refractivity contribution is 4.94. The molecular weight excluding hydrogens is 232 g/mol. The molecule has 1 heterocycles. The molecule has 0 aromatic rings. The van der Waals surface area contributed by atoms with E-state index in [4.69, 9.17) is 0 Å². The van der Waals surface area contributed by atoms with Gasteiger partial charge < -0.3 is 10.2 Å². The first kappa shape index (κ1) is 15.3. The van der Waals surface area contributed by atoms with E-state index in [0.29, 0.717) is 10.8 Å². The van der Waals surface area contributed by atoms with Crippen LogP contribution in [-0.2, 0) is 0 Å². The van der Waals surface area contributed by atoms with E-state index < -0.39 is 0 Å². The summed E-state index contributed by atoms with van der Waals surface area (Å²) >= 11 is 0. The van der Waals surface area contributed by atoms with Crippen LogP contribution >= 0.6 is 0 Å². The van der Waals surface area contributed by atoms with Crippen molar-refractivity contribution in [2.24, 2.45) is 16.7 Å². The largest absolute Gasteiger partial charge is 0.316 e. The summed E-state index contributed by atoms with van der Waals surface area (Å²) in [6.45, 7) is 13.4. The van der Waals surface area contributed by atoms with Gasteiger partial charge in [-0.15, -0.1) is 0 Å². The summed E-state index contributed by atoms with van der Waals surface area (Å²) in [6.07, 6.45) is 6.94. The molecule has 2 rings (SSSR count). The molecule has 1 aliphatic heterocycles. The summed E-state index contributed by atoms with van der Waals surface area (Å²) < 4.78 is 0. The second-order valence-electron chi connectivity index (χ2n) is 8.25. The molecule has 1 atom stereocenters. The van der Waals surface area contributed by atoms with Crippen LogP contribution in [0.4, 0.5) is 0 Å². The van der Waals surface area contributed by atoms with Gasteiger partial charge in [0.05, 0.1) is 0 Å². The number of hydrogen-bond acceptors (Lipinski definition) is 2. The topological polar surface area (TPSA) is 15.3 Å². The van der Waals surface area contributed by atoms with Crippen LogP contribution in [0, 0.1) is 16.7 Å². The smallest absolute Gasteiger partial charge is 0.00928 e. The third-order valence-corrected chi connectivity index (χ3v) is 6.00. The molecule has 2 aliphatic rings. The quantitative estimate of drug-likeness (QED) is 0.837. The summed E-state index contributed by atoms with van der Waals surface area (Å²) in [5, 5.41) is 3.59. The van der Waals surface area contributed by atoms with Gasteiger partial charge in [0.1, 0.15) is 0 Å². The lowest BCUT2D eigenvalue weighted by Gasteiger charge is -2.43. The zero-order chi connectivity index (χ0) is 14.1. The summed E-state index contributed by atoms with van der Waals surface area (Å²) in [6, 6.07) is 0.823. The van der Waals surface area contributed by atoms with Crippen molar-refractivity contribution < 1.29 is 0 Å². The first-order valence-electron chi connectivity index (χ1n) is 8.26. The van der Waals surface area contributed by atoms with Gasteiger partial charge in [-0.3, -0.25) is 0 Å². The Kier molecular flexibility index (Phi) is 4.62. The maximum absolute atomic E-state index is 3.59. The first-order chi connectivity index (χ1) is 8.85. The highest BCUT2D eigenvalue weighted by Crippen LogP contribution is 2.39. The summed E-state index contributed by atoms with van der Waals surface area (Å²) in [4.78, 5) is 2.68. The fraction of sp³-hybridized carbons (Fsp3) is 1.00. The van der Waals surface area contributed by atoms with Gasteiger partial charge >= 0.3 is 0 Å². The summed E-state index contributed by atoms with van der Waals surface area (Å²) in [7, 11) is 2.37. The van der Waals surface area contributed by atoms with Crippen molar-refractivity contribution in [1.29, 1.82) is 0 Å². The maximum Gasteiger partial charge on any atom is 0.00928 e. The number of hydrogen-bond donors (Lipinski definition) is 1. The van der Waals surface area contributed by atoms with Crippen LogP contribution in [0.15, 0.2) is 0 Å². The summed E-state index contributed by atoms with van der Waals surface area (Å²) in [5.74, 6) is 0.782. The Hall–Kier alpha value is -0.0800. The van der Waals surface area contributed by atoms with Crippen molar-refractivity contribution in [2.75, 3.05) is 26.7 Å². The van der Waals surface area contributed by atoms with Gasteiger partial charge in [-0.1, -0.05) is 27.7 Å². The van der Waals surface area contributed by atoms with Crippen LogP contribution in [0.3, 0.4) is 0 Å². The van der Waals surface area contributed by atoms with Gasteiger partial charge in [0, 0.05) is 19.1 Å². The third-order valence-electron chi connectivity index (χ3n) is 6.00. The van der Waals surface area contributed by atoms with Crippen LogP contribution < -0.4 is 5.32 Å². The zero-order valence-corrected chi connectivity index (χ0v) is 13.8. The second-order valence-corrected chi connectivity index (χ2v) is 8.25. The zero-order valence-electron chi connectivity index (χ0n) is 13.8. The molecule has 2 fully saturated rings. The Bertz CT molecular complexity index is 280. The van der Waals surface area contributed by atoms with Crippen LogP contribution in [0.2, 0.25) is 0 Å². The average molecular weight is 266 g/mol. The lowest BCUT2D eigenvalue weighted by Crippen LogP contribution is -2.46. The van der Waals surface area contributed by atoms with E-state index in [1.165, 1.54) is 51.7 Å². The molecule has 1 aliphatic carbocycles. The fourth-order valence-corrected chi connectivity index (χ4v) is 4.02. The molecule has 0 bridgehead atoms. The van der Waals surface area contributed by atoms with Gasteiger partial charge in [0.25, 0.3) is 0 Å². The molecular formula is C17H34N2. The maximum atomic E-state index is 3.59. The van der Waals surface area contributed by atoms with E-state index in [2.05, 4.69) is 45.0 Å². The Labute approximate surface area is 120 Å². The van der Waals surface area contributed by atoms with Gasteiger partial charge in [0.2, 0.25) is 0 Å². The fourth-order valence-electron chi connectivity index (χ4n) is 4.02. The van der Waals surface area contributed by atoms with Crippen molar-refractivity contribution in [3.05, 3.63) is 0 Å². The van der Waals surface area contributed by atoms with Gasteiger partial charge in [0.15, 0.2) is 0 Å². The first-order valence-corrected chi connectivity index (χ1v) is 8.26. The van der Waals surface area contributed by atoms with E-state index in [0.717, 1.165) is 12.0 Å². The monoisotopic (exact) mass is 266 g/mol. The molecule has 19 heavy (non-hydrogen) atoms. The molecule has 2 heteroatoms. The van der Waals surface area contributed by atoms with Crippen molar-refractivity contribution in [3.8, 4) is 0 Å². The Morgan fingerprint density at radius 1 is 1.16 bits per heavy atom. The molecule has 0 amide bonds. The highest BCUT2D eigenvalue weighted by Gasteiger charge is 2.39. The minimum absolute atomic E-state index is 0.516. The molecule has 2 nitrogen and oxygen atoms in total. The number of nitrogens with one attached hydrogen (secondary N) is 1. The van der Waals surface area contributed by atoms with Crippen LogP contribution in [0.25, 0.3) is 0 Å². The third kappa shape index (κ3) is 3.52. The highest BCUT2D eigenvalue weighted by atomic mass is 15.1. The lowest BCUT2D eigenvalue weighted by atomic mass is 9.73. The van der Waals surface area contributed by atoms with E-state index in [1.807, 2.05) is 0 Å². The standard InChI is InChI=1S/C17H34N2/c1-14(2)17(10-11-18-12-17)13-19(5)15-6-8-16(3,4)9-7-15/h14-15,18H,6-13H2,1-5H3. The predicted molar refractivity (Wildman–Crippen MR) is 83.4 cm³/mol. The van der Waals surface area contributed by atoms with E-state index >= 15 is 0 Å². The molecule has 0 spiro atoms. The SMILES string of the molecule is CC(C)C1(CN(C)C2CCC(C)(C)CC2)CCNC1. The summed E-state index contributed by atoms with van der Waals surface area (Å²) in [5.41, 5.74) is 1.10. The lowest BCUT2D eigenvalue weighted by molar-refractivity contribution is 0.0691. The molecule has 112 valence electrons. The van der Waals surface area contributed by atoms with Crippen LogP contribution in [0.5, 0.6) is 0 Å². The Morgan fingerprint density at radius 2 is 1.79 bits per heavy atom. The van der Waals surface area contributed by atoms with Crippen LogP contribution in [-0.4, -0.2) is 37.6 Å².